The fraction of sp³-hybridized carbons (Fsp3) is 0.370. The number of para-hydroxylation sites is 1. The third-order valence-corrected chi connectivity index (χ3v) is 7.15. The van der Waals surface area contributed by atoms with E-state index in [2.05, 4.69) is 4.98 Å². The first-order chi connectivity index (χ1) is 16.9. The lowest BCUT2D eigenvalue weighted by Gasteiger charge is -2.24. The topological polar surface area (TPSA) is 112 Å². The van der Waals surface area contributed by atoms with Crippen LogP contribution in [-0.4, -0.2) is 51.2 Å². The van der Waals surface area contributed by atoms with E-state index in [4.69, 9.17) is 9.94 Å². The molecular formula is C27H29N3O5. The van der Waals surface area contributed by atoms with Gasteiger partial charge in [0.25, 0.3) is 0 Å². The van der Waals surface area contributed by atoms with Crippen molar-refractivity contribution in [1.29, 1.82) is 0 Å². The van der Waals surface area contributed by atoms with Gasteiger partial charge in [-0.3, -0.25) is 19.8 Å². The van der Waals surface area contributed by atoms with E-state index >= 15 is 0 Å². The molecule has 2 fully saturated rings. The molecule has 182 valence electrons. The molecule has 3 atom stereocenters. The van der Waals surface area contributed by atoms with E-state index in [9.17, 15) is 14.7 Å². The maximum Gasteiger partial charge on any atom is 0.247 e. The number of nitrogens with zero attached hydrogens (tertiary/aromatic N) is 2. The Bertz CT molecular complexity index is 1260. The minimum atomic E-state index is -0.896. The van der Waals surface area contributed by atoms with E-state index in [1.54, 1.807) is 10.4 Å². The molecule has 1 aromatic heterocycles. The van der Waals surface area contributed by atoms with Crippen LogP contribution in [0, 0.1) is 18.3 Å². The highest BCUT2D eigenvalue weighted by molar-refractivity contribution is 5.96. The Labute approximate surface area is 203 Å². The smallest absolute Gasteiger partial charge is 0.247 e. The highest BCUT2D eigenvalue weighted by Crippen LogP contribution is 2.56. The summed E-state index contributed by atoms with van der Waals surface area (Å²) in [5.74, 6) is -0.562. The third-order valence-electron chi connectivity index (χ3n) is 7.15. The fourth-order valence-corrected chi connectivity index (χ4v) is 5.22. The predicted octanol–water partition coefficient (Wildman–Crippen LogP) is 2.77. The lowest BCUT2D eigenvalue weighted by Crippen LogP contribution is -2.40. The van der Waals surface area contributed by atoms with Crippen molar-refractivity contribution >= 4 is 22.7 Å². The van der Waals surface area contributed by atoms with Gasteiger partial charge in [0.2, 0.25) is 11.8 Å². The summed E-state index contributed by atoms with van der Waals surface area (Å²) in [6.45, 7) is 3.13. The second-order valence-corrected chi connectivity index (χ2v) is 9.63. The zero-order chi connectivity index (χ0) is 24.6. The standard InChI is InChI=1S/C27H29N3O5/c1-17-12-19(22-4-2-3-5-24(22)28-17)16-35-21-8-6-18(7-9-21)13-27(14-23(27)25(32)29-34)26(33)30-11-10-20(31)15-30/h2-9,12,20,23,31,34H,10-11,13-16H2,1H3,(H,29,32). The van der Waals surface area contributed by atoms with Crippen molar-refractivity contribution in [3.05, 3.63) is 71.4 Å². The summed E-state index contributed by atoms with van der Waals surface area (Å²) in [7, 11) is 0. The lowest BCUT2D eigenvalue weighted by molar-refractivity contribution is -0.140. The number of aliphatic hydroxyl groups excluding tert-OH is 1. The number of benzene rings is 2. The number of nitrogens with one attached hydrogen (secondary N) is 1. The molecule has 8 heteroatoms. The van der Waals surface area contributed by atoms with E-state index in [1.165, 1.54) is 0 Å². The number of β-amino-alcohol motifs (C(OH)–C–C–N with tert-alkyl or cyclic N) is 1. The van der Waals surface area contributed by atoms with Crippen LogP contribution in [0.4, 0.5) is 0 Å². The Morgan fingerprint density at radius 1 is 1.20 bits per heavy atom. The van der Waals surface area contributed by atoms with E-state index in [-0.39, 0.29) is 12.5 Å². The highest BCUT2D eigenvalue weighted by atomic mass is 16.5. The van der Waals surface area contributed by atoms with Crippen molar-refractivity contribution in [1.82, 2.24) is 15.4 Å². The number of amides is 2. The number of ether oxygens (including phenoxy) is 1. The summed E-state index contributed by atoms with van der Waals surface area (Å²) in [6.07, 6.45) is 0.761. The molecule has 3 unspecified atom stereocenters. The van der Waals surface area contributed by atoms with Crippen molar-refractivity contribution in [2.75, 3.05) is 13.1 Å². The molecule has 1 saturated carbocycles. The molecular weight excluding hydrogens is 446 g/mol. The molecule has 35 heavy (non-hydrogen) atoms. The third kappa shape index (κ3) is 4.59. The molecule has 0 spiro atoms. The summed E-state index contributed by atoms with van der Waals surface area (Å²) in [6, 6.07) is 17.6. The van der Waals surface area contributed by atoms with Crippen LogP contribution in [0.1, 0.15) is 29.7 Å². The summed E-state index contributed by atoms with van der Waals surface area (Å²) >= 11 is 0. The van der Waals surface area contributed by atoms with Crippen molar-refractivity contribution < 1.29 is 24.6 Å². The molecule has 2 aromatic carbocycles. The van der Waals surface area contributed by atoms with Gasteiger partial charge in [-0.1, -0.05) is 30.3 Å². The van der Waals surface area contributed by atoms with Crippen LogP contribution in [-0.2, 0) is 22.6 Å². The molecule has 1 saturated heterocycles. The van der Waals surface area contributed by atoms with Gasteiger partial charge in [0.15, 0.2) is 0 Å². The average Bonchev–Trinajstić information content (AvgIpc) is 3.43. The summed E-state index contributed by atoms with van der Waals surface area (Å²) < 4.78 is 6.05. The van der Waals surface area contributed by atoms with Gasteiger partial charge in [0.05, 0.1) is 23.0 Å². The number of carbonyl (C=O) groups is 2. The second kappa shape index (κ2) is 9.28. The highest BCUT2D eigenvalue weighted by Gasteiger charge is 2.64. The van der Waals surface area contributed by atoms with E-state index < -0.39 is 23.3 Å². The van der Waals surface area contributed by atoms with Gasteiger partial charge in [-0.25, -0.2) is 5.48 Å². The van der Waals surface area contributed by atoms with Crippen LogP contribution in [0.15, 0.2) is 54.6 Å². The number of hydrogen-bond acceptors (Lipinski definition) is 6. The van der Waals surface area contributed by atoms with Crippen LogP contribution >= 0.6 is 0 Å². The van der Waals surface area contributed by atoms with Crippen LogP contribution in [0.2, 0.25) is 0 Å². The van der Waals surface area contributed by atoms with Crippen LogP contribution < -0.4 is 10.2 Å². The molecule has 3 aromatic rings. The first-order valence-corrected chi connectivity index (χ1v) is 11.9. The maximum absolute atomic E-state index is 13.3. The molecule has 5 rings (SSSR count). The van der Waals surface area contributed by atoms with Gasteiger partial charge in [-0.05, 0) is 56.0 Å². The maximum atomic E-state index is 13.3. The fourth-order valence-electron chi connectivity index (χ4n) is 5.22. The minimum absolute atomic E-state index is 0.136. The van der Waals surface area contributed by atoms with Gasteiger partial charge in [-0.15, -0.1) is 0 Å². The number of fused-ring (bicyclic) bond motifs is 1. The van der Waals surface area contributed by atoms with E-state index in [0.29, 0.717) is 38.2 Å². The molecule has 2 amide bonds. The molecule has 8 nitrogen and oxygen atoms in total. The number of hydrogen-bond donors (Lipinski definition) is 3. The first-order valence-electron chi connectivity index (χ1n) is 11.9. The van der Waals surface area contributed by atoms with Crippen molar-refractivity contribution in [2.24, 2.45) is 11.3 Å². The van der Waals surface area contributed by atoms with Gasteiger partial charge in [0, 0.05) is 29.7 Å². The number of hydroxylamine groups is 1. The molecule has 2 heterocycles. The molecule has 0 radical (unpaired) electrons. The van der Waals surface area contributed by atoms with Gasteiger partial charge in [0.1, 0.15) is 12.4 Å². The number of aliphatic hydroxyl groups is 1. The Morgan fingerprint density at radius 3 is 2.69 bits per heavy atom. The van der Waals surface area contributed by atoms with E-state index in [1.807, 2.05) is 61.5 Å². The molecule has 2 aliphatic rings. The van der Waals surface area contributed by atoms with Crippen molar-refractivity contribution in [3.8, 4) is 5.75 Å². The lowest BCUT2D eigenvalue weighted by atomic mass is 9.92. The van der Waals surface area contributed by atoms with Crippen molar-refractivity contribution in [2.45, 2.75) is 38.9 Å². The average molecular weight is 476 g/mol. The number of pyridine rings is 1. The zero-order valence-corrected chi connectivity index (χ0v) is 19.6. The number of aryl methyl sites for hydroxylation is 1. The van der Waals surface area contributed by atoms with Crippen LogP contribution in [0.25, 0.3) is 10.9 Å². The summed E-state index contributed by atoms with van der Waals surface area (Å²) in [5, 5.41) is 20.0. The largest absolute Gasteiger partial charge is 0.489 e. The SMILES string of the molecule is Cc1cc(COc2ccc(CC3(C(=O)N4CCC(O)C4)CC3C(=O)NO)cc2)c2ccccc2n1. The van der Waals surface area contributed by atoms with E-state index in [0.717, 1.165) is 27.7 Å². The number of likely N-dealkylation sites (tertiary alicyclic amines) is 1. The quantitative estimate of drug-likeness (QED) is 0.358. The Balaban J connectivity index is 1.29. The number of aromatic nitrogens is 1. The number of carbonyl (C=O) groups excluding carboxylic acids is 2. The van der Waals surface area contributed by atoms with Gasteiger partial charge < -0.3 is 14.7 Å². The zero-order valence-electron chi connectivity index (χ0n) is 19.6. The van der Waals surface area contributed by atoms with Crippen LogP contribution in [0.3, 0.4) is 0 Å². The van der Waals surface area contributed by atoms with Crippen molar-refractivity contribution in [3.63, 3.8) is 0 Å². The monoisotopic (exact) mass is 475 g/mol. The minimum Gasteiger partial charge on any atom is -0.489 e. The Morgan fingerprint density at radius 2 is 1.97 bits per heavy atom. The molecule has 3 N–H and O–H groups in total. The number of rotatable bonds is 7. The Hall–Kier alpha value is -3.49. The van der Waals surface area contributed by atoms with Gasteiger partial charge in [-0.2, -0.15) is 0 Å². The summed E-state index contributed by atoms with van der Waals surface area (Å²) in [5.41, 5.74) is 4.64. The first kappa shape index (κ1) is 23.3. The Kier molecular flexibility index (Phi) is 6.17. The summed E-state index contributed by atoms with van der Waals surface area (Å²) in [4.78, 5) is 31.6. The van der Waals surface area contributed by atoms with Crippen LogP contribution in [0.5, 0.6) is 5.75 Å². The molecule has 0 bridgehead atoms. The predicted molar refractivity (Wildman–Crippen MR) is 129 cm³/mol. The molecule has 1 aliphatic carbocycles. The molecule has 1 aliphatic heterocycles. The normalized spacial score (nSPS) is 23.3. The second-order valence-electron chi connectivity index (χ2n) is 9.63. The van der Waals surface area contributed by atoms with Gasteiger partial charge >= 0.3 is 0 Å².